The highest BCUT2D eigenvalue weighted by atomic mass is 32.2. The van der Waals surface area contributed by atoms with E-state index in [4.69, 9.17) is 17.0 Å². The number of carbonyl (C=O) groups is 2. The fourth-order valence-corrected chi connectivity index (χ4v) is 3.75. The fraction of sp³-hybridized carbons (Fsp3) is 0.150. The zero-order chi connectivity index (χ0) is 18.5. The minimum atomic E-state index is -0.404. The molecule has 1 aliphatic rings. The molecule has 1 fully saturated rings. The Balaban J connectivity index is 1.69. The molecule has 2 aromatic rings. The summed E-state index contributed by atoms with van der Waals surface area (Å²) in [6, 6.07) is 15.8. The van der Waals surface area contributed by atoms with Crippen LogP contribution in [0.3, 0.4) is 0 Å². The number of ether oxygens (including phenoxy) is 1. The van der Waals surface area contributed by atoms with E-state index in [1.165, 1.54) is 11.8 Å². The van der Waals surface area contributed by atoms with E-state index >= 15 is 0 Å². The maximum atomic E-state index is 12.4. The van der Waals surface area contributed by atoms with Gasteiger partial charge >= 0.3 is 5.97 Å². The van der Waals surface area contributed by atoms with Crippen LogP contribution in [-0.4, -0.2) is 27.6 Å². The molecule has 6 heteroatoms. The van der Waals surface area contributed by atoms with Crippen LogP contribution in [0.25, 0.3) is 6.08 Å². The molecule has 4 nitrogen and oxygen atoms in total. The molecule has 0 aliphatic carbocycles. The van der Waals surface area contributed by atoms with Crippen LogP contribution in [0, 0.1) is 0 Å². The lowest BCUT2D eigenvalue weighted by atomic mass is 10.2. The molecule has 0 unspecified atom stereocenters. The Labute approximate surface area is 161 Å². The lowest BCUT2D eigenvalue weighted by Gasteiger charge is -2.11. The van der Waals surface area contributed by atoms with Crippen LogP contribution in [0.1, 0.15) is 29.3 Å². The molecule has 3 rings (SSSR count). The second kappa shape index (κ2) is 8.29. The van der Waals surface area contributed by atoms with Crippen LogP contribution in [0.15, 0.2) is 59.5 Å². The quantitative estimate of drug-likeness (QED) is 0.329. The maximum absolute atomic E-state index is 12.4. The summed E-state index contributed by atoms with van der Waals surface area (Å²) in [6.45, 7) is 2.65. The maximum Gasteiger partial charge on any atom is 0.343 e. The average molecular weight is 383 g/mol. The van der Waals surface area contributed by atoms with Gasteiger partial charge in [0, 0.05) is 6.54 Å². The highest BCUT2D eigenvalue weighted by Gasteiger charge is 2.31. The van der Waals surface area contributed by atoms with Crippen molar-refractivity contribution in [2.24, 2.45) is 0 Å². The molecule has 26 heavy (non-hydrogen) atoms. The third-order valence-electron chi connectivity index (χ3n) is 3.72. The molecule has 2 aromatic carbocycles. The molecule has 1 aliphatic heterocycles. The van der Waals surface area contributed by atoms with Crippen molar-refractivity contribution in [1.82, 2.24) is 4.90 Å². The number of thiocarbonyl (C=S) groups is 1. The number of hydrogen-bond donors (Lipinski definition) is 0. The topological polar surface area (TPSA) is 46.6 Å². The molecule has 0 radical (unpaired) electrons. The Morgan fingerprint density at radius 2 is 1.85 bits per heavy atom. The lowest BCUT2D eigenvalue weighted by Crippen LogP contribution is -2.28. The fourth-order valence-electron chi connectivity index (χ4n) is 2.44. The van der Waals surface area contributed by atoms with Crippen molar-refractivity contribution in [3.8, 4) is 5.75 Å². The van der Waals surface area contributed by atoms with Gasteiger partial charge in [0.2, 0.25) is 0 Å². The van der Waals surface area contributed by atoms with Crippen LogP contribution >= 0.6 is 24.0 Å². The van der Waals surface area contributed by atoms with Crippen molar-refractivity contribution in [2.75, 3.05) is 6.54 Å². The first kappa shape index (κ1) is 18.4. The number of benzene rings is 2. The number of carbonyl (C=O) groups excluding carboxylic acids is 2. The molecule has 0 aromatic heterocycles. The van der Waals surface area contributed by atoms with Gasteiger partial charge < -0.3 is 4.74 Å². The first-order valence-corrected chi connectivity index (χ1v) is 9.43. The van der Waals surface area contributed by atoms with Crippen molar-refractivity contribution >= 4 is 46.3 Å². The summed E-state index contributed by atoms with van der Waals surface area (Å²) in [5.41, 5.74) is 1.35. The first-order valence-electron chi connectivity index (χ1n) is 8.21. The molecule has 132 valence electrons. The molecule has 1 heterocycles. The Kier molecular flexibility index (Phi) is 5.85. The van der Waals surface area contributed by atoms with Gasteiger partial charge in [-0.3, -0.25) is 9.69 Å². The smallest absolute Gasteiger partial charge is 0.343 e. The van der Waals surface area contributed by atoms with E-state index in [1.54, 1.807) is 59.5 Å². The number of hydrogen-bond acceptors (Lipinski definition) is 5. The normalized spacial score (nSPS) is 15.6. The summed E-state index contributed by atoms with van der Waals surface area (Å²) in [5.74, 6) is -0.00486. The van der Waals surface area contributed by atoms with E-state index in [1.807, 2.05) is 13.0 Å². The first-order chi connectivity index (χ1) is 12.6. The number of rotatable bonds is 5. The number of thioether (sulfide) groups is 1. The second-order valence-corrected chi connectivity index (χ2v) is 7.33. The van der Waals surface area contributed by atoms with Crippen LogP contribution in [0.4, 0.5) is 0 Å². The molecule has 1 saturated heterocycles. The predicted molar refractivity (Wildman–Crippen MR) is 108 cm³/mol. The van der Waals surface area contributed by atoms with Gasteiger partial charge in [0.15, 0.2) is 0 Å². The Bertz CT molecular complexity index is 860. The minimum absolute atomic E-state index is 0.0542. The summed E-state index contributed by atoms with van der Waals surface area (Å²) < 4.78 is 5.95. The van der Waals surface area contributed by atoms with Gasteiger partial charge in [0.25, 0.3) is 5.91 Å². The number of amides is 1. The van der Waals surface area contributed by atoms with Gasteiger partial charge in [-0.15, -0.1) is 0 Å². The molecule has 0 bridgehead atoms. The Morgan fingerprint density at radius 1 is 1.15 bits per heavy atom. The van der Waals surface area contributed by atoms with Gasteiger partial charge in [-0.2, -0.15) is 0 Å². The zero-order valence-corrected chi connectivity index (χ0v) is 15.8. The number of nitrogens with zero attached hydrogens (tertiary/aromatic N) is 1. The summed E-state index contributed by atoms with van der Waals surface area (Å²) in [4.78, 5) is 26.6. The van der Waals surface area contributed by atoms with E-state index in [2.05, 4.69) is 0 Å². The van der Waals surface area contributed by atoms with Crippen molar-refractivity contribution in [3.63, 3.8) is 0 Å². The van der Waals surface area contributed by atoms with Gasteiger partial charge in [-0.1, -0.05) is 61.2 Å². The highest BCUT2D eigenvalue weighted by Crippen LogP contribution is 2.32. The molecule has 0 N–H and O–H groups in total. The van der Waals surface area contributed by atoms with Gasteiger partial charge in [-0.05, 0) is 42.3 Å². The Hall–Kier alpha value is -2.44. The number of esters is 1. The van der Waals surface area contributed by atoms with Crippen molar-refractivity contribution in [2.45, 2.75) is 13.3 Å². The summed E-state index contributed by atoms with van der Waals surface area (Å²) in [7, 11) is 0. The van der Waals surface area contributed by atoms with Crippen molar-refractivity contribution in [3.05, 3.63) is 70.6 Å². The summed E-state index contributed by atoms with van der Waals surface area (Å²) in [5, 5.41) is 0. The molecular formula is C20H17NO3S2. The largest absolute Gasteiger partial charge is 0.423 e. The molecule has 0 spiro atoms. The standard InChI is InChI=1S/C20H17NO3S2/c1-2-12-21-18(22)17(26-20(21)25)13-14-8-10-16(11-9-14)24-19(23)15-6-4-3-5-7-15/h3-11,13H,2,12H2,1H3/b17-13+. The van der Waals surface area contributed by atoms with E-state index in [-0.39, 0.29) is 5.91 Å². The third kappa shape index (κ3) is 4.20. The Morgan fingerprint density at radius 3 is 2.50 bits per heavy atom. The van der Waals surface area contributed by atoms with Crippen LogP contribution in [-0.2, 0) is 4.79 Å². The molecule has 0 atom stereocenters. The van der Waals surface area contributed by atoms with Gasteiger partial charge in [0.1, 0.15) is 10.1 Å². The van der Waals surface area contributed by atoms with E-state index in [9.17, 15) is 9.59 Å². The van der Waals surface area contributed by atoms with Crippen LogP contribution in [0.5, 0.6) is 5.75 Å². The van der Waals surface area contributed by atoms with Gasteiger partial charge in [0.05, 0.1) is 10.5 Å². The SMILES string of the molecule is CCCN1C(=O)/C(=C\c2ccc(OC(=O)c3ccccc3)cc2)SC1=S. The second-order valence-electron chi connectivity index (χ2n) is 5.66. The van der Waals surface area contributed by atoms with Crippen molar-refractivity contribution < 1.29 is 14.3 Å². The highest BCUT2D eigenvalue weighted by molar-refractivity contribution is 8.26. The third-order valence-corrected chi connectivity index (χ3v) is 5.10. The van der Waals surface area contributed by atoms with Crippen LogP contribution < -0.4 is 4.74 Å². The molecular weight excluding hydrogens is 366 g/mol. The lowest BCUT2D eigenvalue weighted by molar-refractivity contribution is -0.122. The predicted octanol–water partition coefficient (Wildman–Crippen LogP) is 4.52. The van der Waals surface area contributed by atoms with E-state index in [0.717, 1.165) is 12.0 Å². The average Bonchev–Trinajstić information content (AvgIpc) is 2.92. The van der Waals surface area contributed by atoms with Crippen molar-refractivity contribution in [1.29, 1.82) is 0 Å². The van der Waals surface area contributed by atoms with Gasteiger partial charge in [-0.25, -0.2) is 4.79 Å². The summed E-state index contributed by atoms with van der Waals surface area (Å²) in [6.07, 6.45) is 2.67. The van der Waals surface area contributed by atoms with E-state index in [0.29, 0.717) is 27.1 Å². The minimum Gasteiger partial charge on any atom is -0.423 e. The molecule has 0 saturated carbocycles. The molecule has 1 amide bonds. The summed E-state index contributed by atoms with van der Waals surface area (Å²) >= 11 is 6.57. The van der Waals surface area contributed by atoms with E-state index < -0.39 is 5.97 Å². The monoisotopic (exact) mass is 383 g/mol. The zero-order valence-electron chi connectivity index (χ0n) is 14.2. The van der Waals surface area contributed by atoms with Crippen LogP contribution in [0.2, 0.25) is 0 Å².